The van der Waals surface area contributed by atoms with E-state index in [1.807, 2.05) is 0 Å². The van der Waals surface area contributed by atoms with Crippen molar-refractivity contribution in [2.75, 3.05) is 0 Å². The smallest absolute Gasteiger partial charge is 0.306 e. The van der Waals surface area contributed by atoms with Crippen molar-refractivity contribution in [3.63, 3.8) is 0 Å². The van der Waals surface area contributed by atoms with E-state index in [0.717, 1.165) is 64.2 Å². The third-order valence-corrected chi connectivity index (χ3v) is 7.00. The molecular formula is C37H62O4. The zero-order chi connectivity index (χ0) is 30.1. The number of carbonyl (C=O) groups excluding carboxylic acids is 1. The van der Waals surface area contributed by atoms with Crippen LogP contribution in [0.4, 0.5) is 0 Å². The molecule has 0 aromatic heterocycles. The van der Waals surface area contributed by atoms with Gasteiger partial charge in [0.15, 0.2) is 0 Å². The van der Waals surface area contributed by atoms with Crippen molar-refractivity contribution in [2.24, 2.45) is 0 Å². The first-order valence-corrected chi connectivity index (χ1v) is 16.8. The quantitative estimate of drug-likeness (QED) is 0.0552. The van der Waals surface area contributed by atoms with E-state index < -0.39 is 5.97 Å². The summed E-state index contributed by atoms with van der Waals surface area (Å²) in [5, 5.41) is 8.96. The number of allylic oxidation sites excluding steroid dienone is 10. The molecule has 1 atom stereocenters. The van der Waals surface area contributed by atoms with E-state index in [9.17, 15) is 9.59 Å². The second-order valence-corrected chi connectivity index (χ2v) is 11.0. The van der Waals surface area contributed by atoms with Crippen LogP contribution in [-0.4, -0.2) is 23.1 Å². The summed E-state index contributed by atoms with van der Waals surface area (Å²) >= 11 is 0. The Morgan fingerprint density at radius 2 is 1.02 bits per heavy atom. The van der Waals surface area contributed by atoms with Crippen LogP contribution in [-0.2, 0) is 14.3 Å². The molecule has 0 aliphatic heterocycles. The van der Waals surface area contributed by atoms with Gasteiger partial charge >= 0.3 is 11.9 Å². The normalized spacial score (nSPS) is 13.0. The van der Waals surface area contributed by atoms with Crippen LogP contribution in [0.25, 0.3) is 0 Å². The Kier molecular flexibility index (Phi) is 30.3. The number of hydrogen-bond acceptors (Lipinski definition) is 3. The molecule has 234 valence electrons. The molecule has 0 heterocycles. The van der Waals surface area contributed by atoms with Crippen LogP contribution in [0.1, 0.15) is 155 Å². The van der Waals surface area contributed by atoms with Gasteiger partial charge in [0.2, 0.25) is 0 Å². The summed E-state index contributed by atoms with van der Waals surface area (Å²) in [4.78, 5) is 23.3. The molecule has 0 saturated carbocycles. The predicted molar refractivity (Wildman–Crippen MR) is 176 cm³/mol. The lowest BCUT2D eigenvalue weighted by atomic mass is 10.0. The minimum atomic E-state index is -0.786. The summed E-state index contributed by atoms with van der Waals surface area (Å²) in [5.74, 6) is -0.934. The monoisotopic (exact) mass is 570 g/mol. The molecule has 41 heavy (non-hydrogen) atoms. The molecule has 0 aliphatic rings. The van der Waals surface area contributed by atoms with Crippen LogP contribution < -0.4 is 0 Å². The van der Waals surface area contributed by atoms with Crippen molar-refractivity contribution in [2.45, 2.75) is 161 Å². The van der Waals surface area contributed by atoms with Gasteiger partial charge in [-0.1, -0.05) is 132 Å². The molecule has 0 spiro atoms. The van der Waals surface area contributed by atoms with Gasteiger partial charge in [-0.05, 0) is 70.6 Å². The molecule has 0 saturated heterocycles. The minimum absolute atomic E-state index is 0.135. The average molecular weight is 571 g/mol. The van der Waals surface area contributed by atoms with Gasteiger partial charge in [0.1, 0.15) is 6.10 Å². The van der Waals surface area contributed by atoms with E-state index in [1.165, 1.54) is 51.4 Å². The number of rotatable bonds is 29. The van der Waals surface area contributed by atoms with Crippen molar-refractivity contribution in [3.05, 3.63) is 60.8 Å². The van der Waals surface area contributed by atoms with Crippen molar-refractivity contribution >= 4 is 11.9 Å². The van der Waals surface area contributed by atoms with Crippen molar-refractivity contribution < 1.29 is 19.4 Å². The highest BCUT2D eigenvalue weighted by Gasteiger charge is 2.14. The summed E-state index contributed by atoms with van der Waals surface area (Å²) in [6.07, 6.45) is 43.7. The van der Waals surface area contributed by atoms with E-state index in [2.05, 4.69) is 74.6 Å². The summed E-state index contributed by atoms with van der Waals surface area (Å²) < 4.78 is 5.76. The molecule has 0 aliphatic carbocycles. The number of ether oxygens (including phenoxy) is 1. The summed E-state index contributed by atoms with van der Waals surface area (Å²) in [7, 11) is 0. The summed E-state index contributed by atoms with van der Waals surface area (Å²) in [5.41, 5.74) is 0. The SMILES string of the molecule is CC/C=C\C/C=C\C/C=C\C/C=C\C/C=C\CCCC(=O)OC(CCCCCCCCCCCC)CCCC(=O)O. The Bertz CT molecular complexity index is 744. The summed E-state index contributed by atoms with van der Waals surface area (Å²) in [6, 6.07) is 0. The molecule has 4 nitrogen and oxygen atoms in total. The van der Waals surface area contributed by atoms with E-state index in [0.29, 0.717) is 19.3 Å². The maximum Gasteiger partial charge on any atom is 0.306 e. The Labute approximate surface area is 253 Å². The zero-order valence-corrected chi connectivity index (χ0v) is 26.6. The van der Waals surface area contributed by atoms with E-state index in [1.54, 1.807) is 0 Å². The van der Waals surface area contributed by atoms with Crippen LogP contribution in [0.5, 0.6) is 0 Å². The third-order valence-electron chi connectivity index (χ3n) is 7.00. The average Bonchev–Trinajstić information content (AvgIpc) is 2.95. The third kappa shape index (κ3) is 32.0. The highest BCUT2D eigenvalue weighted by atomic mass is 16.5. The number of carboxylic acids is 1. The van der Waals surface area contributed by atoms with Gasteiger partial charge in [0, 0.05) is 12.8 Å². The number of esters is 1. The molecule has 0 aromatic rings. The second-order valence-electron chi connectivity index (χ2n) is 11.0. The fourth-order valence-corrected chi connectivity index (χ4v) is 4.58. The number of hydrogen-bond donors (Lipinski definition) is 1. The van der Waals surface area contributed by atoms with Gasteiger partial charge < -0.3 is 9.84 Å². The number of unbranched alkanes of at least 4 members (excludes halogenated alkanes) is 10. The second kappa shape index (κ2) is 32.2. The predicted octanol–water partition coefficient (Wildman–Crippen LogP) is 11.4. The molecule has 0 rings (SSSR count). The number of carboxylic acid groups (broad SMARTS) is 1. The molecule has 1 N–H and O–H groups in total. The first kappa shape index (κ1) is 38.6. The Balaban J connectivity index is 4.00. The number of aliphatic carboxylic acids is 1. The zero-order valence-electron chi connectivity index (χ0n) is 26.6. The topological polar surface area (TPSA) is 63.6 Å². The van der Waals surface area contributed by atoms with Gasteiger partial charge in [-0.2, -0.15) is 0 Å². The van der Waals surface area contributed by atoms with E-state index in [4.69, 9.17) is 9.84 Å². The maximum absolute atomic E-state index is 12.4. The lowest BCUT2D eigenvalue weighted by molar-refractivity contribution is -0.150. The fourth-order valence-electron chi connectivity index (χ4n) is 4.58. The van der Waals surface area contributed by atoms with Crippen LogP contribution in [0.2, 0.25) is 0 Å². The van der Waals surface area contributed by atoms with Crippen LogP contribution in [0.3, 0.4) is 0 Å². The molecule has 1 unspecified atom stereocenters. The van der Waals surface area contributed by atoms with Crippen LogP contribution in [0.15, 0.2) is 60.8 Å². The molecule has 0 amide bonds. The first-order valence-electron chi connectivity index (χ1n) is 16.8. The number of carbonyl (C=O) groups is 2. The van der Waals surface area contributed by atoms with Crippen molar-refractivity contribution in [1.82, 2.24) is 0 Å². The maximum atomic E-state index is 12.4. The fraction of sp³-hybridized carbons (Fsp3) is 0.676. The Hall–Kier alpha value is -2.36. The van der Waals surface area contributed by atoms with E-state index >= 15 is 0 Å². The molecule has 0 fully saturated rings. The van der Waals surface area contributed by atoms with Crippen LogP contribution >= 0.6 is 0 Å². The molecule has 0 bridgehead atoms. The van der Waals surface area contributed by atoms with E-state index in [-0.39, 0.29) is 18.5 Å². The largest absolute Gasteiger partial charge is 0.481 e. The highest BCUT2D eigenvalue weighted by molar-refractivity contribution is 5.69. The Morgan fingerprint density at radius 3 is 1.54 bits per heavy atom. The van der Waals surface area contributed by atoms with Crippen LogP contribution in [0, 0.1) is 0 Å². The Morgan fingerprint density at radius 1 is 0.561 bits per heavy atom. The highest BCUT2D eigenvalue weighted by Crippen LogP contribution is 2.17. The van der Waals surface area contributed by atoms with Crippen molar-refractivity contribution in [3.8, 4) is 0 Å². The minimum Gasteiger partial charge on any atom is -0.481 e. The molecule has 0 aromatic carbocycles. The van der Waals surface area contributed by atoms with Gasteiger partial charge in [-0.15, -0.1) is 0 Å². The lowest BCUT2D eigenvalue weighted by Crippen LogP contribution is -2.18. The molecule has 0 radical (unpaired) electrons. The standard InChI is InChI=1S/C37H62O4/c1-3-5-7-9-11-13-15-16-17-18-19-20-21-23-25-27-29-34-37(40)41-35(32-30-33-36(38)39)31-28-26-24-22-14-12-10-8-6-4-2/h5,7,11,13,16-17,19-20,23,25,35H,3-4,6,8-10,12,14-15,18,21-22,24,26-34H2,1-2H3,(H,38,39)/b7-5-,13-11-,17-16-,20-19-,25-23-. The summed E-state index contributed by atoms with van der Waals surface area (Å²) in [6.45, 7) is 4.40. The van der Waals surface area contributed by atoms with Gasteiger partial charge in [0.05, 0.1) is 0 Å². The first-order chi connectivity index (χ1) is 20.1. The van der Waals surface area contributed by atoms with Gasteiger partial charge in [0.25, 0.3) is 0 Å². The lowest BCUT2D eigenvalue weighted by Gasteiger charge is -2.18. The molecular weight excluding hydrogens is 508 g/mol. The van der Waals surface area contributed by atoms with Crippen molar-refractivity contribution in [1.29, 1.82) is 0 Å². The van der Waals surface area contributed by atoms with Gasteiger partial charge in [-0.3, -0.25) is 9.59 Å². The molecule has 4 heteroatoms. The van der Waals surface area contributed by atoms with Gasteiger partial charge in [-0.25, -0.2) is 0 Å².